The lowest BCUT2D eigenvalue weighted by Gasteiger charge is -2.43. The number of piperazine rings is 2. The van der Waals surface area contributed by atoms with E-state index in [0.29, 0.717) is 82.5 Å². The van der Waals surface area contributed by atoms with Gasteiger partial charge in [-0.1, -0.05) is 46.4 Å². The molecule has 0 N–H and O–H groups in total. The van der Waals surface area contributed by atoms with Crippen molar-refractivity contribution in [1.29, 1.82) is 0 Å². The lowest BCUT2D eigenvalue weighted by atomic mass is 9.99. The van der Waals surface area contributed by atoms with E-state index in [1.54, 1.807) is 46.0 Å². The molecule has 0 amide bonds. The lowest BCUT2D eigenvalue weighted by Crippen LogP contribution is -2.61. The van der Waals surface area contributed by atoms with E-state index >= 15 is 4.79 Å². The molecule has 0 saturated carbocycles. The Morgan fingerprint density at radius 1 is 0.571 bits per heavy atom. The van der Waals surface area contributed by atoms with Crippen LogP contribution in [0, 0.1) is 11.6 Å². The molecule has 9 nitrogen and oxygen atoms in total. The number of hydrogen-bond donors (Lipinski definition) is 0. The van der Waals surface area contributed by atoms with Crippen molar-refractivity contribution >= 4 is 86.2 Å². The molecule has 17 heteroatoms. The Kier molecular flexibility index (Phi) is 12.0. The van der Waals surface area contributed by atoms with Gasteiger partial charge in [0, 0.05) is 76.1 Å². The van der Waals surface area contributed by atoms with Crippen LogP contribution in [0.1, 0.15) is 0 Å². The van der Waals surface area contributed by atoms with Crippen molar-refractivity contribution in [2.75, 3.05) is 62.2 Å². The van der Waals surface area contributed by atoms with Gasteiger partial charge in [0.15, 0.2) is 5.78 Å². The molecule has 4 aromatic heterocycles. The number of Topliss-reactive ketones (excluding diaryl/α,β-unsaturated/α-hetero) is 1. The van der Waals surface area contributed by atoms with Gasteiger partial charge >= 0.3 is 0 Å². The van der Waals surface area contributed by atoms with Crippen molar-refractivity contribution in [3.8, 4) is 21.1 Å². The normalized spacial score (nSPS) is 16.8. The second-order valence-corrected chi connectivity index (χ2v) is 18.0. The van der Waals surface area contributed by atoms with Crippen LogP contribution in [0.3, 0.4) is 0 Å². The topological polar surface area (TPSA) is 65.7 Å². The molecule has 2 saturated heterocycles. The third-order valence-electron chi connectivity index (χ3n) is 10.3. The van der Waals surface area contributed by atoms with Crippen LogP contribution in [0.2, 0.25) is 18.7 Å². The van der Waals surface area contributed by atoms with E-state index in [1.807, 2.05) is 24.3 Å². The predicted octanol–water partition coefficient (Wildman–Crippen LogP) is 9.08. The number of hydrogen-bond acceptors (Lipinski definition) is 9. The first-order valence-electron chi connectivity index (χ1n) is 18.1. The van der Waals surface area contributed by atoms with Crippen LogP contribution in [-0.2, 0) is 17.9 Å². The maximum atomic E-state index is 15.4. The van der Waals surface area contributed by atoms with Crippen LogP contribution in [0.25, 0.3) is 21.1 Å². The average Bonchev–Trinajstić information content (AvgIpc) is 4.00. The summed E-state index contributed by atoms with van der Waals surface area (Å²) in [6, 6.07) is 19.2. The van der Waals surface area contributed by atoms with Gasteiger partial charge in [-0.05, 0) is 72.8 Å². The van der Waals surface area contributed by atoms with Gasteiger partial charge in [-0.15, -0.1) is 22.7 Å². The van der Waals surface area contributed by atoms with Crippen LogP contribution in [0.15, 0.2) is 85.2 Å². The predicted molar refractivity (Wildman–Crippen MR) is 224 cm³/mol. The molecule has 2 aliphatic heterocycles. The zero-order valence-electron chi connectivity index (χ0n) is 29.9. The fourth-order valence-electron chi connectivity index (χ4n) is 7.43. The molecular weight excluding hydrogens is 840 g/mol. The molecule has 0 spiro atoms. The molecule has 56 heavy (non-hydrogen) atoms. The number of ketones is 1. The van der Waals surface area contributed by atoms with Crippen molar-refractivity contribution < 1.29 is 13.6 Å². The van der Waals surface area contributed by atoms with Crippen LogP contribution >= 0.6 is 69.1 Å². The monoisotopic (exact) mass is 874 g/mol. The summed E-state index contributed by atoms with van der Waals surface area (Å²) < 4.78 is 32.3. The smallest absolute Gasteiger partial charge is 0.170 e. The zero-order chi connectivity index (χ0) is 38.9. The molecule has 292 valence electrons. The maximum Gasteiger partial charge on any atom is 0.170 e. The summed E-state index contributed by atoms with van der Waals surface area (Å²) >= 11 is 28.8. The number of carbonyl (C=O) groups excluding carboxylic acids is 1. The van der Waals surface area contributed by atoms with Crippen LogP contribution in [0.5, 0.6) is 0 Å². The van der Waals surface area contributed by atoms with Gasteiger partial charge in [-0.3, -0.25) is 24.0 Å². The van der Waals surface area contributed by atoms with E-state index in [4.69, 9.17) is 56.6 Å². The lowest BCUT2D eigenvalue weighted by molar-refractivity contribution is -0.131. The van der Waals surface area contributed by atoms with Crippen LogP contribution in [0.4, 0.5) is 20.2 Å². The summed E-state index contributed by atoms with van der Waals surface area (Å²) in [5.74, 6) is -0.543. The summed E-state index contributed by atoms with van der Waals surface area (Å²) in [5, 5.41) is 10.7. The van der Waals surface area contributed by atoms with Gasteiger partial charge < -0.3 is 9.80 Å². The third kappa shape index (κ3) is 8.80. The van der Waals surface area contributed by atoms with Gasteiger partial charge in [-0.2, -0.15) is 10.2 Å². The largest absolute Gasteiger partial charge is 0.369 e. The summed E-state index contributed by atoms with van der Waals surface area (Å²) in [4.78, 5) is 25.9. The van der Waals surface area contributed by atoms with E-state index in [9.17, 15) is 8.78 Å². The number of rotatable bonds is 12. The fraction of sp³-hybridized carbons (Fsp3) is 0.308. The van der Waals surface area contributed by atoms with Gasteiger partial charge in [0.05, 0.1) is 53.6 Å². The molecule has 8 rings (SSSR count). The highest BCUT2D eigenvalue weighted by Gasteiger charge is 2.38. The molecule has 0 radical (unpaired) electrons. The highest BCUT2D eigenvalue weighted by atomic mass is 35.5. The summed E-state index contributed by atoms with van der Waals surface area (Å²) in [5.41, 5.74) is 3.08. The molecule has 2 unspecified atom stereocenters. The molecule has 6 heterocycles. The minimum absolute atomic E-state index is 0.0233. The first kappa shape index (κ1) is 39.3. The second-order valence-electron chi connectivity index (χ2n) is 13.7. The van der Waals surface area contributed by atoms with E-state index in [1.165, 1.54) is 46.9 Å². The van der Waals surface area contributed by atoms with Crippen molar-refractivity contribution in [1.82, 2.24) is 29.4 Å². The Morgan fingerprint density at radius 3 is 1.29 bits per heavy atom. The van der Waals surface area contributed by atoms with E-state index in [-0.39, 0.29) is 30.5 Å². The van der Waals surface area contributed by atoms with Gasteiger partial charge in [0.1, 0.15) is 23.0 Å². The Balaban J connectivity index is 1.10. The first-order chi connectivity index (χ1) is 27.1. The van der Waals surface area contributed by atoms with Gasteiger partial charge in [0.25, 0.3) is 0 Å². The molecule has 6 aromatic rings. The van der Waals surface area contributed by atoms with E-state index in [0.717, 1.165) is 21.1 Å². The van der Waals surface area contributed by atoms with E-state index < -0.39 is 12.1 Å². The molecule has 2 aromatic carbocycles. The van der Waals surface area contributed by atoms with Crippen molar-refractivity contribution in [2.24, 2.45) is 0 Å². The number of nitrogens with zero attached hydrogens (tertiary/aromatic N) is 8. The summed E-state index contributed by atoms with van der Waals surface area (Å²) in [7, 11) is 0. The number of anilines is 2. The first-order valence-corrected chi connectivity index (χ1v) is 21.2. The highest BCUT2D eigenvalue weighted by Crippen LogP contribution is 2.36. The fourth-order valence-corrected chi connectivity index (χ4v) is 10.1. The van der Waals surface area contributed by atoms with Crippen molar-refractivity contribution in [3.63, 3.8) is 0 Å². The number of thiophene rings is 2. The second kappa shape index (κ2) is 17.1. The molecule has 2 aliphatic rings. The van der Waals surface area contributed by atoms with Gasteiger partial charge in [-0.25, -0.2) is 8.78 Å². The molecule has 2 fully saturated rings. The SMILES string of the molecule is O=C(C(Cn1cc(Cl)c(-c2ccc(Cl)s2)n1)N1CCN(c2ccc(F)cc2)CC1)C(Cn1cc(Cl)c(-c2ccc(Cl)s2)n1)N1CCN(c2ccc(F)cc2)CC1. The molecular formula is C39H36Cl4F2N8OS2. The quantitative estimate of drug-likeness (QED) is 0.122. The Hall–Kier alpha value is -3.53. The maximum absolute atomic E-state index is 15.4. The summed E-state index contributed by atoms with van der Waals surface area (Å²) in [6.45, 7) is 5.51. The number of benzene rings is 2. The number of halogens is 6. The number of carbonyl (C=O) groups is 1. The molecule has 0 bridgehead atoms. The Labute approximate surface area is 351 Å². The molecule has 0 aliphatic carbocycles. The van der Waals surface area contributed by atoms with Crippen LogP contribution in [-0.4, -0.2) is 99.6 Å². The third-order valence-corrected chi connectivity index (χ3v) is 13.3. The van der Waals surface area contributed by atoms with E-state index in [2.05, 4.69) is 19.6 Å². The highest BCUT2D eigenvalue weighted by molar-refractivity contribution is 7.19. The van der Waals surface area contributed by atoms with Crippen LogP contribution < -0.4 is 9.80 Å². The summed E-state index contributed by atoms with van der Waals surface area (Å²) in [6.07, 6.45) is 3.53. The zero-order valence-corrected chi connectivity index (χ0v) is 34.5. The Morgan fingerprint density at radius 2 is 0.946 bits per heavy atom. The average molecular weight is 877 g/mol. The molecule has 2 atom stereocenters. The minimum atomic E-state index is -0.581. The van der Waals surface area contributed by atoms with Crippen molar-refractivity contribution in [3.05, 3.63) is 116 Å². The standard InChI is InChI=1S/C39H36Cl4F2N8OS2/c40-29-21-52(46-37(29)33-9-11-35(42)55-33)23-31(50-17-13-48(14-18-50)27-5-1-25(44)2-6-27)39(54)32(24-53-22-30(41)38(47-53)34-10-12-36(43)56-34)51-19-15-49(16-20-51)28-7-3-26(45)4-8-28/h1-12,21-22,31-32H,13-20,23-24H2. The minimum Gasteiger partial charge on any atom is -0.369 e. The number of aromatic nitrogens is 4. The van der Waals surface area contributed by atoms with Gasteiger partial charge in [0.2, 0.25) is 0 Å². The Bertz CT molecular complexity index is 2120. The van der Waals surface area contributed by atoms with Crippen molar-refractivity contribution in [2.45, 2.75) is 25.2 Å².